The van der Waals surface area contributed by atoms with Crippen LogP contribution in [0.3, 0.4) is 0 Å². The van der Waals surface area contributed by atoms with Gasteiger partial charge in [0, 0.05) is 0 Å². The van der Waals surface area contributed by atoms with Gasteiger partial charge in [-0.1, -0.05) is 30.3 Å². The molecule has 0 aliphatic carbocycles. The molecule has 84 valence electrons. The van der Waals surface area contributed by atoms with Gasteiger partial charge in [-0.3, -0.25) is 0 Å². The Balaban J connectivity index is 3.00. The van der Waals surface area contributed by atoms with Crippen LogP contribution in [0.2, 0.25) is 0 Å². The van der Waals surface area contributed by atoms with Crippen molar-refractivity contribution < 1.29 is 18.3 Å². The lowest BCUT2D eigenvalue weighted by atomic mass is 9.90. The monoisotopic (exact) mass is 219 g/mol. The highest BCUT2D eigenvalue weighted by Crippen LogP contribution is 2.37. The maximum absolute atomic E-state index is 12.5. The van der Waals surface area contributed by atoms with Gasteiger partial charge in [-0.25, -0.2) is 0 Å². The second kappa shape index (κ2) is 3.83. The fraction of sp³-hybridized carbons (Fsp3) is 0.400. The minimum atomic E-state index is -4.65. The number of aliphatic hydroxyl groups excluding tert-OH is 1. The SMILES string of the molecule is C[C@@](N)([C@@H](O)c1ccccc1)C(F)(F)F. The van der Waals surface area contributed by atoms with E-state index < -0.39 is 17.8 Å². The van der Waals surface area contributed by atoms with E-state index in [9.17, 15) is 18.3 Å². The predicted molar refractivity (Wildman–Crippen MR) is 50.0 cm³/mol. The van der Waals surface area contributed by atoms with Crippen LogP contribution >= 0.6 is 0 Å². The van der Waals surface area contributed by atoms with E-state index in [1.807, 2.05) is 0 Å². The Hall–Kier alpha value is -1.07. The summed E-state index contributed by atoms with van der Waals surface area (Å²) in [6, 6.07) is 7.55. The molecule has 2 nitrogen and oxygen atoms in total. The molecule has 0 amide bonds. The number of alkyl halides is 3. The Morgan fingerprint density at radius 2 is 1.67 bits per heavy atom. The molecule has 0 fully saturated rings. The van der Waals surface area contributed by atoms with E-state index in [2.05, 4.69) is 0 Å². The third kappa shape index (κ3) is 2.30. The molecule has 0 radical (unpaired) electrons. The number of nitrogens with two attached hydrogens (primary N) is 1. The van der Waals surface area contributed by atoms with E-state index in [-0.39, 0.29) is 5.56 Å². The van der Waals surface area contributed by atoms with Gasteiger partial charge in [0.25, 0.3) is 0 Å². The summed E-state index contributed by atoms with van der Waals surface area (Å²) in [5.74, 6) is 0. The number of benzene rings is 1. The molecular weight excluding hydrogens is 207 g/mol. The Labute approximate surface area is 85.5 Å². The van der Waals surface area contributed by atoms with Crippen molar-refractivity contribution in [3.8, 4) is 0 Å². The number of aliphatic hydroxyl groups is 1. The first-order chi connectivity index (χ1) is 6.77. The van der Waals surface area contributed by atoms with Crippen molar-refractivity contribution >= 4 is 0 Å². The normalized spacial score (nSPS) is 18.3. The smallest absolute Gasteiger partial charge is 0.386 e. The summed E-state index contributed by atoms with van der Waals surface area (Å²) >= 11 is 0. The quantitative estimate of drug-likeness (QED) is 0.799. The number of hydrogen-bond donors (Lipinski definition) is 2. The number of hydrogen-bond acceptors (Lipinski definition) is 2. The highest BCUT2D eigenvalue weighted by Gasteiger charge is 2.53. The average Bonchev–Trinajstić information content (AvgIpc) is 2.16. The van der Waals surface area contributed by atoms with E-state index in [0.29, 0.717) is 0 Å². The molecule has 3 N–H and O–H groups in total. The van der Waals surface area contributed by atoms with Gasteiger partial charge in [0.2, 0.25) is 0 Å². The third-order valence-corrected chi connectivity index (χ3v) is 2.29. The summed E-state index contributed by atoms with van der Waals surface area (Å²) in [5.41, 5.74) is 2.60. The summed E-state index contributed by atoms with van der Waals surface area (Å²) in [5, 5.41) is 9.54. The lowest BCUT2D eigenvalue weighted by Gasteiger charge is -2.32. The van der Waals surface area contributed by atoms with Crippen LogP contribution in [0.4, 0.5) is 13.2 Å². The van der Waals surface area contributed by atoms with Crippen molar-refractivity contribution in [2.24, 2.45) is 5.73 Å². The van der Waals surface area contributed by atoms with Gasteiger partial charge in [-0.2, -0.15) is 13.2 Å². The van der Waals surface area contributed by atoms with Gasteiger partial charge in [-0.05, 0) is 12.5 Å². The Morgan fingerprint density at radius 3 is 2.07 bits per heavy atom. The maximum Gasteiger partial charge on any atom is 0.408 e. The van der Waals surface area contributed by atoms with Gasteiger partial charge in [0.1, 0.15) is 11.6 Å². The Kier molecular flexibility index (Phi) is 3.06. The molecule has 15 heavy (non-hydrogen) atoms. The molecule has 1 aromatic carbocycles. The molecule has 0 heterocycles. The van der Waals surface area contributed by atoms with E-state index in [1.165, 1.54) is 12.1 Å². The molecule has 0 unspecified atom stereocenters. The first-order valence-electron chi connectivity index (χ1n) is 4.35. The summed E-state index contributed by atoms with van der Waals surface area (Å²) in [7, 11) is 0. The van der Waals surface area contributed by atoms with Crippen LogP contribution in [-0.4, -0.2) is 16.8 Å². The standard InChI is InChI=1S/C10H12F3NO/c1-9(14,10(11,12)13)8(15)7-5-3-2-4-6-7/h2-6,8,15H,14H2,1H3/t8-,9+/m0/s1. The van der Waals surface area contributed by atoms with E-state index >= 15 is 0 Å². The average molecular weight is 219 g/mol. The van der Waals surface area contributed by atoms with Crippen molar-refractivity contribution in [3.63, 3.8) is 0 Å². The van der Waals surface area contributed by atoms with Crippen LogP contribution in [-0.2, 0) is 0 Å². The summed E-state index contributed by atoms with van der Waals surface area (Å²) in [4.78, 5) is 0. The van der Waals surface area contributed by atoms with Crippen molar-refractivity contribution in [3.05, 3.63) is 35.9 Å². The van der Waals surface area contributed by atoms with Gasteiger partial charge < -0.3 is 10.8 Å². The minimum Gasteiger partial charge on any atom is -0.386 e. The molecule has 1 aromatic rings. The highest BCUT2D eigenvalue weighted by molar-refractivity contribution is 5.21. The molecule has 0 saturated heterocycles. The van der Waals surface area contributed by atoms with E-state index in [4.69, 9.17) is 5.73 Å². The molecule has 0 aliphatic rings. The molecular formula is C10H12F3NO. The lowest BCUT2D eigenvalue weighted by molar-refractivity contribution is -0.207. The van der Waals surface area contributed by atoms with Gasteiger partial charge in [0.05, 0.1) is 0 Å². The molecule has 0 bridgehead atoms. The molecule has 0 saturated carbocycles. The van der Waals surface area contributed by atoms with Crippen LogP contribution in [0, 0.1) is 0 Å². The zero-order valence-electron chi connectivity index (χ0n) is 8.12. The lowest BCUT2D eigenvalue weighted by Crippen LogP contribution is -2.55. The number of rotatable bonds is 2. The van der Waals surface area contributed by atoms with Gasteiger partial charge >= 0.3 is 6.18 Å². The highest BCUT2D eigenvalue weighted by atomic mass is 19.4. The summed E-state index contributed by atoms with van der Waals surface area (Å²) in [6.45, 7) is 0.769. The van der Waals surface area contributed by atoms with Crippen molar-refractivity contribution in [2.75, 3.05) is 0 Å². The molecule has 0 aromatic heterocycles. The van der Waals surface area contributed by atoms with Gasteiger partial charge in [0.15, 0.2) is 0 Å². The van der Waals surface area contributed by atoms with Crippen LogP contribution in [0.15, 0.2) is 30.3 Å². The fourth-order valence-electron chi connectivity index (χ4n) is 1.14. The van der Waals surface area contributed by atoms with Crippen LogP contribution < -0.4 is 5.73 Å². The van der Waals surface area contributed by atoms with E-state index in [1.54, 1.807) is 18.2 Å². The molecule has 0 spiro atoms. The van der Waals surface area contributed by atoms with Crippen molar-refractivity contribution in [1.82, 2.24) is 0 Å². The first kappa shape index (κ1) is 12.0. The maximum atomic E-state index is 12.5. The fourth-order valence-corrected chi connectivity index (χ4v) is 1.14. The number of halogens is 3. The zero-order chi connectivity index (χ0) is 11.7. The van der Waals surface area contributed by atoms with Crippen molar-refractivity contribution in [2.45, 2.75) is 24.7 Å². The van der Waals surface area contributed by atoms with Crippen LogP contribution in [0.1, 0.15) is 18.6 Å². The summed E-state index contributed by atoms with van der Waals surface area (Å²) in [6.07, 6.45) is -6.42. The Bertz CT molecular complexity index is 321. The molecule has 2 atom stereocenters. The van der Waals surface area contributed by atoms with E-state index in [0.717, 1.165) is 6.92 Å². The van der Waals surface area contributed by atoms with Crippen LogP contribution in [0.5, 0.6) is 0 Å². The zero-order valence-corrected chi connectivity index (χ0v) is 8.12. The predicted octanol–water partition coefficient (Wildman–Crippen LogP) is 2.00. The second-order valence-corrected chi connectivity index (χ2v) is 3.59. The summed E-state index contributed by atoms with van der Waals surface area (Å²) < 4.78 is 37.5. The van der Waals surface area contributed by atoms with Gasteiger partial charge in [-0.15, -0.1) is 0 Å². The third-order valence-electron chi connectivity index (χ3n) is 2.29. The first-order valence-corrected chi connectivity index (χ1v) is 4.35. The molecule has 5 heteroatoms. The topological polar surface area (TPSA) is 46.2 Å². The molecule has 0 aliphatic heterocycles. The van der Waals surface area contributed by atoms with Crippen LogP contribution in [0.25, 0.3) is 0 Å². The second-order valence-electron chi connectivity index (χ2n) is 3.59. The minimum absolute atomic E-state index is 0.153. The van der Waals surface area contributed by atoms with Crippen molar-refractivity contribution in [1.29, 1.82) is 0 Å². The Morgan fingerprint density at radius 1 is 1.20 bits per heavy atom. The largest absolute Gasteiger partial charge is 0.408 e. The molecule has 1 rings (SSSR count).